The Morgan fingerprint density at radius 3 is 2.61 bits per heavy atom. The average molecular weight is 251 g/mol. The molecule has 0 amide bonds. The molecule has 0 saturated heterocycles. The highest BCUT2D eigenvalue weighted by atomic mass is 19.1. The Bertz CT molecular complexity index is 475. The SMILES string of the molecule is COC(=O)c1cc(C2(CN)CCC2)cc(F)c1C. The zero-order valence-electron chi connectivity index (χ0n) is 10.8. The van der Waals surface area contributed by atoms with Gasteiger partial charge in [-0.15, -0.1) is 0 Å². The van der Waals surface area contributed by atoms with E-state index in [2.05, 4.69) is 4.74 Å². The van der Waals surface area contributed by atoms with Crippen LogP contribution in [-0.4, -0.2) is 19.6 Å². The Hall–Kier alpha value is -1.42. The third-order valence-electron chi connectivity index (χ3n) is 4.06. The summed E-state index contributed by atoms with van der Waals surface area (Å²) in [5.41, 5.74) is 7.10. The summed E-state index contributed by atoms with van der Waals surface area (Å²) in [6, 6.07) is 3.24. The van der Waals surface area contributed by atoms with E-state index in [-0.39, 0.29) is 11.2 Å². The third-order valence-corrected chi connectivity index (χ3v) is 4.06. The van der Waals surface area contributed by atoms with Gasteiger partial charge in [-0.2, -0.15) is 0 Å². The van der Waals surface area contributed by atoms with Crippen LogP contribution < -0.4 is 5.73 Å². The molecule has 98 valence electrons. The predicted octanol–water partition coefficient (Wildman–Crippen LogP) is 2.30. The Balaban J connectivity index is 2.50. The largest absolute Gasteiger partial charge is 0.465 e. The van der Waals surface area contributed by atoms with E-state index in [1.807, 2.05) is 0 Å². The molecule has 1 aromatic carbocycles. The lowest BCUT2D eigenvalue weighted by Gasteiger charge is -2.41. The second kappa shape index (κ2) is 4.69. The minimum atomic E-state index is -0.500. The van der Waals surface area contributed by atoms with Crippen molar-refractivity contribution in [2.75, 3.05) is 13.7 Å². The number of ether oxygens (including phenoxy) is 1. The zero-order valence-corrected chi connectivity index (χ0v) is 10.8. The molecule has 3 nitrogen and oxygen atoms in total. The van der Waals surface area contributed by atoms with Crippen molar-refractivity contribution in [1.29, 1.82) is 0 Å². The van der Waals surface area contributed by atoms with Gasteiger partial charge in [0.25, 0.3) is 0 Å². The minimum absolute atomic E-state index is 0.155. The van der Waals surface area contributed by atoms with E-state index in [1.165, 1.54) is 13.2 Å². The highest BCUT2D eigenvalue weighted by Crippen LogP contribution is 2.43. The van der Waals surface area contributed by atoms with Crippen LogP contribution in [0.3, 0.4) is 0 Å². The number of nitrogens with two attached hydrogens (primary N) is 1. The number of carbonyl (C=O) groups excluding carboxylic acids is 1. The molecule has 1 aromatic rings. The first kappa shape index (κ1) is 13.0. The maximum Gasteiger partial charge on any atom is 0.338 e. The minimum Gasteiger partial charge on any atom is -0.465 e. The molecule has 2 N–H and O–H groups in total. The van der Waals surface area contributed by atoms with Crippen LogP contribution in [0.25, 0.3) is 0 Å². The Labute approximate surface area is 106 Å². The van der Waals surface area contributed by atoms with Crippen molar-refractivity contribution in [3.05, 3.63) is 34.6 Å². The number of methoxy groups -OCH3 is 1. The molecule has 2 rings (SSSR count). The molecule has 1 fully saturated rings. The van der Waals surface area contributed by atoms with Gasteiger partial charge in [0.15, 0.2) is 0 Å². The number of benzene rings is 1. The van der Waals surface area contributed by atoms with Crippen molar-refractivity contribution < 1.29 is 13.9 Å². The summed E-state index contributed by atoms with van der Waals surface area (Å²) < 4.78 is 18.6. The Kier molecular flexibility index (Phi) is 3.39. The van der Waals surface area contributed by atoms with Crippen LogP contribution in [0.1, 0.15) is 40.7 Å². The van der Waals surface area contributed by atoms with Crippen molar-refractivity contribution in [3.63, 3.8) is 0 Å². The fraction of sp³-hybridized carbons (Fsp3) is 0.500. The van der Waals surface area contributed by atoms with Gasteiger partial charge in [0.1, 0.15) is 5.82 Å². The van der Waals surface area contributed by atoms with Gasteiger partial charge >= 0.3 is 5.97 Å². The summed E-state index contributed by atoms with van der Waals surface area (Å²) in [5, 5.41) is 0. The molecule has 0 aliphatic heterocycles. The van der Waals surface area contributed by atoms with Gasteiger partial charge < -0.3 is 10.5 Å². The first-order valence-electron chi connectivity index (χ1n) is 6.13. The van der Waals surface area contributed by atoms with E-state index in [1.54, 1.807) is 13.0 Å². The molecule has 0 unspecified atom stereocenters. The average Bonchev–Trinajstić information content (AvgIpc) is 2.31. The fourth-order valence-corrected chi connectivity index (χ4v) is 2.52. The van der Waals surface area contributed by atoms with Gasteiger partial charge in [-0.25, -0.2) is 9.18 Å². The van der Waals surface area contributed by atoms with E-state index in [4.69, 9.17) is 5.73 Å². The van der Waals surface area contributed by atoms with Crippen molar-refractivity contribution in [3.8, 4) is 0 Å². The number of carbonyl (C=O) groups is 1. The number of rotatable bonds is 3. The van der Waals surface area contributed by atoms with E-state index in [0.717, 1.165) is 24.8 Å². The van der Waals surface area contributed by atoms with Gasteiger partial charge in [-0.3, -0.25) is 0 Å². The van der Waals surface area contributed by atoms with Crippen LogP contribution in [0.4, 0.5) is 4.39 Å². The van der Waals surface area contributed by atoms with E-state index < -0.39 is 5.97 Å². The predicted molar refractivity (Wildman–Crippen MR) is 67.1 cm³/mol. The standard InChI is InChI=1S/C14H18FNO2/c1-9-11(13(17)18-2)6-10(7-12(9)15)14(8-16)4-3-5-14/h6-7H,3-5,8,16H2,1-2H3. The summed E-state index contributed by atoms with van der Waals surface area (Å²) in [7, 11) is 1.30. The molecule has 1 saturated carbocycles. The summed E-state index contributed by atoms with van der Waals surface area (Å²) in [6.45, 7) is 2.07. The highest BCUT2D eigenvalue weighted by Gasteiger charge is 2.38. The number of hydrogen-bond acceptors (Lipinski definition) is 3. The summed E-state index contributed by atoms with van der Waals surface area (Å²) >= 11 is 0. The number of halogens is 1. The van der Waals surface area contributed by atoms with Crippen LogP contribution in [0.2, 0.25) is 0 Å². The van der Waals surface area contributed by atoms with E-state index >= 15 is 0 Å². The zero-order chi connectivity index (χ0) is 13.3. The number of hydrogen-bond donors (Lipinski definition) is 1. The van der Waals surface area contributed by atoms with Crippen LogP contribution in [0, 0.1) is 12.7 Å². The second-order valence-corrected chi connectivity index (χ2v) is 4.96. The lowest BCUT2D eigenvalue weighted by Crippen LogP contribution is -2.41. The molecule has 0 aromatic heterocycles. The molecule has 0 heterocycles. The van der Waals surface area contributed by atoms with Gasteiger partial charge in [-0.1, -0.05) is 6.42 Å². The van der Waals surface area contributed by atoms with E-state index in [9.17, 15) is 9.18 Å². The lowest BCUT2D eigenvalue weighted by molar-refractivity contribution is 0.0599. The van der Waals surface area contributed by atoms with Gasteiger partial charge in [-0.05, 0) is 43.0 Å². The molecule has 0 spiro atoms. The van der Waals surface area contributed by atoms with Crippen molar-refractivity contribution in [1.82, 2.24) is 0 Å². The normalized spacial score (nSPS) is 17.1. The summed E-state index contributed by atoms with van der Waals surface area (Å²) in [6.07, 6.45) is 3.00. The van der Waals surface area contributed by atoms with Crippen molar-refractivity contribution >= 4 is 5.97 Å². The van der Waals surface area contributed by atoms with Gasteiger partial charge in [0.2, 0.25) is 0 Å². The molecule has 0 bridgehead atoms. The lowest BCUT2D eigenvalue weighted by atomic mass is 9.64. The van der Waals surface area contributed by atoms with Gasteiger partial charge in [0, 0.05) is 12.0 Å². The second-order valence-electron chi connectivity index (χ2n) is 4.96. The number of esters is 1. The molecule has 0 atom stereocenters. The van der Waals surface area contributed by atoms with Crippen LogP contribution in [0.15, 0.2) is 12.1 Å². The summed E-state index contributed by atoms with van der Waals surface area (Å²) in [4.78, 5) is 11.6. The molecular weight excluding hydrogens is 233 g/mol. The van der Waals surface area contributed by atoms with Crippen LogP contribution in [0.5, 0.6) is 0 Å². The molecular formula is C14H18FNO2. The molecule has 4 heteroatoms. The smallest absolute Gasteiger partial charge is 0.338 e. The topological polar surface area (TPSA) is 52.3 Å². The third kappa shape index (κ3) is 1.90. The Morgan fingerprint density at radius 1 is 1.50 bits per heavy atom. The van der Waals surface area contributed by atoms with Crippen LogP contribution >= 0.6 is 0 Å². The van der Waals surface area contributed by atoms with Crippen molar-refractivity contribution in [2.45, 2.75) is 31.6 Å². The maximum atomic E-state index is 13.9. The van der Waals surface area contributed by atoms with E-state index in [0.29, 0.717) is 17.7 Å². The first-order valence-corrected chi connectivity index (χ1v) is 6.13. The maximum absolute atomic E-state index is 13.9. The Morgan fingerprint density at radius 2 is 2.17 bits per heavy atom. The first-order chi connectivity index (χ1) is 8.54. The molecule has 1 aliphatic carbocycles. The molecule has 0 radical (unpaired) electrons. The quantitative estimate of drug-likeness (QED) is 0.839. The van der Waals surface area contributed by atoms with Gasteiger partial charge in [0.05, 0.1) is 12.7 Å². The molecule has 18 heavy (non-hydrogen) atoms. The highest BCUT2D eigenvalue weighted by molar-refractivity contribution is 5.91. The van der Waals surface area contributed by atoms with Crippen LogP contribution in [-0.2, 0) is 10.2 Å². The summed E-state index contributed by atoms with van der Waals surface area (Å²) in [5.74, 6) is -0.868. The molecule has 1 aliphatic rings. The fourth-order valence-electron chi connectivity index (χ4n) is 2.52. The van der Waals surface area contributed by atoms with Crippen molar-refractivity contribution in [2.24, 2.45) is 5.73 Å². The monoisotopic (exact) mass is 251 g/mol.